The number of carbonyl (C=O) groups excluding carboxylic acids is 2. The summed E-state index contributed by atoms with van der Waals surface area (Å²) < 4.78 is 10.0. The van der Waals surface area contributed by atoms with Gasteiger partial charge in [0.15, 0.2) is 5.75 Å². The van der Waals surface area contributed by atoms with Crippen LogP contribution in [0.3, 0.4) is 0 Å². The molecule has 0 spiro atoms. The van der Waals surface area contributed by atoms with E-state index in [0.717, 1.165) is 11.6 Å². The Hall–Kier alpha value is -2.30. The van der Waals surface area contributed by atoms with Crippen LogP contribution in [0.1, 0.15) is 33.3 Å². The van der Waals surface area contributed by atoms with E-state index in [0.29, 0.717) is 11.4 Å². The average Bonchev–Trinajstić information content (AvgIpc) is 2.38. The second-order valence-electron chi connectivity index (χ2n) is 5.79. The molecule has 0 saturated carbocycles. The molecule has 0 amide bonds. The summed E-state index contributed by atoms with van der Waals surface area (Å²) in [5.41, 5.74) is 1.81. The Morgan fingerprint density at radius 3 is 2.71 bits per heavy atom. The Balaban J connectivity index is 2.32. The lowest BCUT2D eigenvalue weighted by atomic mass is 9.86. The van der Waals surface area contributed by atoms with Crippen LogP contribution >= 0.6 is 0 Å². The topological polar surface area (TPSA) is 64.6 Å². The van der Waals surface area contributed by atoms with Crippen LogP contribution in [-0.4, -0.2) is 18.5 Å². The van der Waals surface area contributed by atoms with E-state index in [-0.39, 0.29) is 17.7 Å². The molecule has 0 aromatic heterocycles. The van der Waals surface area contributed by atoms with Crippen molar-refractivity contribution in [3.05, 3.63) is 35.5 Å². The fraction of sp³-hybridized carbons (Fsp3) is 0.375. The second-order valence-corrected chi connectivity index (χ2v) is 5.79. The molecule has 0 aliphatic carbocycles. The smallest absolute Gasteiger partial charge is 0.360 e. The van der Waals surface area contributed by atoms with E-state index < -0.39 is 11.9 Å². The third kappa shape index (κ3) is 3.42. The summed E-state index contributed by atoms with van der Waals surface area (Å²) in [6, 6.07) is 5.59. The molecule has 5 heteroatoms. The van der Waals surface area contributed by atoms with Crippen LogP contribution in [0.4, 0.5) is 5.69 Å². The lowest BCUT2D eigenvalue weighted by Crippen LogP contribution is -2.25. The van der Waals surface area contributed by atoms with Crippen molar-refractivity contribution in [1.29, 1.82) is 0 Å². The number of nitrogens with one attached hydrogen (secondary N) is 1. The van der Waals surface area contributed by atoms with Gasteiger partial charge < -0.3 is 14.8 Å². The average molecular weight is 289 g/mol. The molecule has 0 saturated heterocycles. The van der Waals surface area contributed by atoms with Crippen LogP contribution in [0.15, 0.2) is 30.0 Å². The van der Waals surface area contributed by atoms with Gasteiger partial charge in [0.05, 0.1) is 18.4 Å². The third-order valence-corrected chi connectivity index (χ3v) is 3.09. The maximum atomic E-state index is 11.8. The van der Waals surface area contributed by atoms with Crippen LogP contribution in [0.2, 0.25) is 0 Å². The minimum absolute atomic E-state index is 0.0246. The number of rotatable bonds is 2. The molecule has 1 aromatic rings. The van der Waals surface area contributed by atoms with E-state index in [9.17, 15) is 9.59 Å². The van der Waals surface area contributed by atoms with Crippen molar-refractivity contribution in [2.24, 2.45) is 0 Å². The van der Waals surface area contributed by atoms with Crippen molar-refractivity contribution < 1.29 is 19.1 Å². The molecule has 1 heterocycles. The molecule has 112 valence electrons. The standard InChI is InChI=1S/C16H19NO4/c1-5-20-14(18)9-12-15(19)21-13-7-6-10(16(2,3)4)8-11(13)17-12/h6-9,17H,5H2,1-4H3/b12-9-. The number of hydrogen-bond donors (Lipinski definition) is 1. The number of ether oxygens (including phenoxy) is 2. The third-order valence-electron chi connectivity index (χ3n) is 3.09. The first-order valence-electron chi connectivity index (χ1n) is 6.83. The molecule has 0 atom stereocenters. The maximum Gasteiger partial charge on any atom is 0.360 e. The quantitative estimate of drug-likeness (QED) is 0.515. The van der Waals surface area contributed by atoms with Crippen molar-refractivity contribution in [2.75, 3.05) is 11.9 Å². The summed E-state index contributed by atoms with van der Waals surface area (Å²) in [4.78, 5) is 23.3. The van der Waals surface area contributed by atoms with E-state index in [1.165, 1.54) is 0 Å². The lowest BCUT2D eigenvalue weighted by Gasteiger charge is -2.24. The summed E-state index contributed by atoms with van der Waals surface area (Å²) in [6.45, 7) is 8.24. The molecular formula is C16H19NO4. The molecule has 2 rings (SSSR count). The van der Waals surface area contributed by atoms with E-state index in [1.54, 1.807) is 13.0 Å². The molecule has 21 heavy (non-hydrogen) atoms. The van der Waals surface area contributed by atoms with E-state index in [1.807, 2.05) is 12.1 Å². The molecule has 0 radical (unpaired) electrons. The Kier molecular flexibility index (Phi) is 4.02. The first-order valence-corrected chi connectivity index (χ1v) is 6.83. The number of fused-ring (bicyclic) bond motifs is 1. The monoisotopic (exact) mass is 289 g/mol. The van der Waals surface area contributed by atoms with Crippen LogP contribution in [0.25, 0.3) is 0 Å². The van der Waals surface area contributed by atoms with Gasteiger partial charge in [0.25, 0.3) is 0 Å². The molecule has 0 fully saturated rings. The fourth-order valence-corrected chi connectivity index (χ4v) is 1.93. The Bertz CT molecular complexity index is 611. The van der Waals surface area contributed by atoms with E-state index in [4.69, 9.17) is 9.47 Å². The number of anilines is 1. The Morgan fingerprint density at radius 1 is 1.38 bits per heavy atom. The molecule has 1 N–H and O–H groups in total. The maximum absolute atomic E-state index is 11.8. The van der Waals surface area contributed by atoms with Gasteiger partial charge in [-0.15, -0.1) is 0 Å². The molecule has 1 aliphatic heterocycles. The van der Waals surface area contributed by atoms with Crippen LogP contribution in [-0.2, 0) is 19.7 Å². The largest absolute Gasteiger partial charge is 0.463 e. The van der Waals surface area contributed by atoms with Gasteiger partial charge in [-0.25, -0.2) is 9.59 Å². The minimum atomic E-state index is -0.598. The summed E-state index contributed by atoms with van der Waals surface area (Å²) in [6.07, 6.45) is 1.11. The predicted molar refractivity (Wildman–Crippen MR) is 79.1 cm³/mol. The van der Waals surface area contributed by atoms with Crippen LogP contribution < -0.4 is 10.1 Å². The number of benzene rings is 1. The highest BCUT2D eigenvalue weighted by Gasteiger charge is 2.25. The molecule has 1 aromatic carbocycles. The van der Waals surface area contributed by atoms with Gasteiger partial charge in [0.1, 0.15) is 5.70 Å². The Labute approximate surface area is 123 Å². The molecule has 0 unspecified atom stereocenters. The van der Waals surface area contributed by atoms with Gasteiger partial charge in [0.2, 0.25) is 0 Å². The first-order chi connectivity index (χ1) is 9.81. The van der Waals surface area contributed by atoms with Gasteiger partial charge >= 0.3 is 11.9 Å². The number of carbonyl (C=O) groups is 2. The van der Waals surface area contributed by atoms with Crippen LogP contribution in [0.5, 0.6) is 5.75 Å². The molecular weight excluding hydrogens is 270 g/mol. The van der Waals surface area contributed by atoms with Crippen molar-refractivity contribution in [1.82, 2.24) is 0 Å². The van der Waals surface area contributed by atoms with E-state index in [2.05, 4.69) is 26.1 Å². The first kappa shape index (κ1) is 15.1. The predicted octanol–water partition coefficient (Wildman–Crippen LogP) is 2.76. The summed E-state index contributed by atoms with van der Waals surface area (Å²) >= 11 is 0. The highest BCUT2D eigenvalue weighted by Crippen LogP contribution is 2.35. The highest BCUT2D eigenvalue weighted by atomic mass is 16.5. The normalized spacial score (nSPS) is 16.0. The number of hydrogen-bond acceptors (Lipinski definition) is 5. The zero-order chi connectivity index (χ0) is 15.6. The van der Waals surface area contributed by atoms with Crippen molar-refractivity contribution >= 4 is 17.6 Å². The minimum Gasteiger partial charge on any atom is -0.463 e. The zero-order valence-electron chi connectivity index (χ0n) is 12.6. The van der Waals surface area contributed by atoms with Gasteiger partial charge in [0, 0.05) is 0 Å². The summed E-state index contributed by atoms with van der Waals surface area (Å²) in [5, 5.41) is 2.93. The molecule has 5 nitrogen and oxygen atoms in total. The van der Waals surface area contributed by atoms with Crippen LogP contribution in [0, 0.1) is 0 Å². The number of esters is 2. The van der Waals surface area contributed by atoms with Crippen molar-refractivity contribution in [3.63, 3.8) is 0 Å². The Morgan fingerprint density at radius 2 is 2.10 bits per heavy atom. The second kappa shape index (κ2) is 5.60. The zero-order valence-corrected chi connectivity index (χ0v) is 12.6. The van der Waals surface area contributed by atoms with Crippen molar-refractivity contribution in [3.8, 4) is 5.75 Å². The van der Waals surface area contributed by atoms with E-state index >= 15 is 0 Å². The van der Waals surface area contributed by atoms with Gasteiger partial charge in [-0.1, -0.05) is 26.8 Å². The highest BCUT2D eigenvalue weighted by molar-refractivity contribution is 6.02. The van der Waals surface area contributed by atoms with Gasteiger partial charge in [-0.3, -0.25) is 0 Å². The molecule has 0 bridgehead atoms. The van der Waals surface area contributed by atoms with Gasteiger partial charge in [-0.2, -0.15) is 0 Å². The summed E-state index contributed by atoms with van der Waals surface area (Å²) in [7, 11) is 0. The van der Waals surface area contributed by atoms with Crippen molar-refractivity contribution in [2.45, 2.75) is 33.1 Å². The lowest BCUT2D eigenvalue weighted by molar-refractivity contribution is -0.138. The SMILES string of the molecule is CCOC(=O)/C=C1\Nc2cc(C(C)(C)C)ccc2OC1=O. The fourth-order valence-electron chi connectivity index (χ4n) is 1.93. The van der Waals surface area contributed by atoms with Gasteiger partial charge in [-0.05, 0) is 30.0 Å². The molecule has 1 aliphatic rings. The summed E-state index contributed by atoms with van der Waals surface area (Å²) in [5.74, 6) is -0.722.